The van der Waals surface area contributed by atoms with Crippen LogP contribution in [0.25, 0.3) is 10.9 Å². The first-order valence-corrected chi connectivity index (χ1v) is 5.42. The number of benzene rings is 1. The normalized spacial score (nSPS) is 10.4. The molecule has 0 saturated heterocycles. The van der Waals surface area contributed by atoms with E-state index in [2.05, 4.69) is 21.9 Å². The summed E-state index contributed by atoms with van der Waals surface area (Å²) >= 11 is 11.5. The Morgan fingerprint density at radius 2 is 2.06 bits per heavy atom. The van der Waals surface area contributed by atoms with E-state index >= 15 is 0 Å². The number of hydrogen-bond acceptors (Lipinski definition) is 3. The number of para-hydroxylation sites is 1. The van der Waals surface area contributed by atoms with Crippen LogP contribution in [0.15, 0.2) is 35.9 Å². The smallest absolute Gasteiger partial charge is 0.224 e. The first kappa shape index (κ1) is 11.2. The predicted octanol–water partition coefficient (Wildman–Crippen LogP) is 3.45. The highest BCUT2D eigenvalue weighted by Crippen LogP contribution is 2.21. The van der Waals surface area contributed by atoms with Crippen LogP contribution in [-0.2, 0) is 0 Å². The van der Waals surface area contributed by atoms with Crippen LogP contribution >= 0.6 is 23.2 Å². The monoisotopic (exact) mass is 253 g/mol. The number of fused-ring (bicyclic) bond motifs is 1. The lowest BCUT2D eigenvalue weighted by Crippen LogP contribution is -2.04. The van der Waals surface area contributed by atoms with Crippen molar-refractivity contribution in [2.24, 2.45) is 0 Å². The molecule has 16 heavy (non-hydrogen) atoms. The van der Waals surface area contributed by atoms with Gasteiger partial charge in [0.25, 0.3) is 0 Å². The molecular weight excluding hydrogens is 245 g/mol. The Bertz CT molecular complexity index is 540. The lowest BCUT2D eigenvalue weighted by Gasteiger charge is -2.07. The molecule has 82 valence electrons. The van der Waals surface area contributed by atoms with Crippen LogP contribution in [0.5, 0.6) is 0 Å². The fraction of sp³-hybridized carbons (Fsp3) is 0.0909. The Morgan fingerprint density at radius 3 is 2.81 bits per heavy atom. The lowest BCUT2D eigenvalue weighted by molar-refractivity contribution is 1.18. The minimum absolute atomic E-state index is 0.210. The van der Waals surface area contributed by atoms with E-state index in [1.165, 1.54) is 0 Å². The summed E-state index contributed by atoms with van der Waals surface area (Å²) in [5, 5.41) is 4.69. The third-order valence-electron chi connectivity index (χ3n) is 2.02. The molecule has 0 amide bonds. The molecule has 0 saturated carbocycles. The van der Waals surface area contributed by atoms with Crippen molar-refractivity contribution in [2.75, 3.05) is 11.9 Å². The van der Waals surface area contributed by atoms with Crippen molar-refractivity contribution in [1.29, 1.82) is 0 Å². The van der Waals surface area contributed by atoms with Crippen LogP contribution in [0.4, 0.5) is 5.82 Å². The highest BCUT2D eigenvalue weighted by atomic mass is 35.5. The molecule has 3 nitrogen and oxygen atoms in total. The van der Waals surface area contributed by atoms with Crippen LogP contribution in [0.1, 0.15) is 0 Å². The van der Waals surface area contributed by atoms with Gasteiger partial charge in [-0.05, 0) is 23.7 Å². The van der Waals surface area contributed by atoms with Gasteiger partial charge in [-0.15, -0.1) is 0 Å². The number of rotatable bonds is 3. The van der Waals surface area contributed by atoms with Crippen LogP contribution < -0.4 is 5.32 Å². The van der Waals surface area contributed by atoms with Crippen LogP contribution in [0, 0.1) is 0 Å². The van der Waals surface area contributed by atoms with Crippen molar-refractivity contribution in [1.82, 2.24) is 9.97 Å². The largest absolute Gasteiger partial charge is 0.364 e. The van der Waals surface area contributed by atoms with E-state index in [1.54, 1.807) is 0 Å². The van der Waals surface area contributed by atoms with Gasteiger partial charge in [0.15, 0.2) is 0 Å². The topological polar surface area (TPSA) is 37.8 Å². The van der Waals surface area contributed by atoms with Gasteiger partial charge in [0.05, 0.1) is 12.1 Å². The van der Waals surface area contributed by atoms with Gasteiger partial charge in [0.2, 0.25) is 5.28 Å². The fourth-order valence-electron chi connectivity index (χ4n) is 1.36. The van der Waals surface area contributed by atoms with Crippen molar-refractivity contribution in [3.63, 3.8) is 0 Å². The van der Waals surface area contributed by atoms with Crippen molar-refractivity contribution in [3.8, 4) is 0 Å². The molecule has 1 aromatic heterocycles. The summed E-state index contributed by atoms with van der Waals surface area (Å²) < 4.78 is 0. The zero-order chi connectivity index (χ0) is 11.5. The van der Waals surface area contributed by atoms with Gasteiger partial charge in [-0.2, -0.15) is 0 Å². The minimum atomic E-state index is 0.210. The molecular formula is C11H9Cl2N3. The van der Waals surface area contributed by atoms with E-state index < -0.39 is 0 Å². The van der Waals surface area contributed by atoms with E-state index in [-0.39, 0.29) is 5.28 Å². The van der Waals surface area contributed by atoms with Gasteiger partial charge < -0.3 is 5.32 Å². The van der Waals surface area contributed by atoms with Crippen LogP contribution in [-0.4, -0.2) is 16.5 Å². The average Bonchev–Trinajstić information content (AvgIpc) is 2.25. The van der Waals surface area contributed by atoms with Gasteiger partial charge in [0.1, 0.15) is 5.82 Å². The maximum Gasteiger partial charge on any atom is 0.224 e. The minimum Gasteiger partial charge on any atom is -0.364 e. The van der Waals surface area contributed by atoms with Crippen molar-refractivity contribution in [2.45, 2.75) is 0 Å². The molecule has 0 spiro atoms. The first-order chi connectivity index (χ1) is 7.66. The summed E-state index contributed by atoms with van der Waals surface area (Å²) in [5.41, 5.74) is 0.796. The molecule has 2 rings (SSSR count). The quantitative estimate of drug-likeness (QED) is 0.852. The third kappa shape index (κ3) is 2.43. The Balaban J connectivity index is 2.46. The van der Waals surface area contributed by atoms with E-state index in [9.17, 15) is 0 Å². The number of anilines is 1. The van der Waals surface area contributed by atoms with Gasteiger partial charge in [0, 0.05) is 10.4 Å². The molecule has 0 aliphatic carbocycles. The summed E-state index contributed by atoms with van der Waals surface area (Å²) in [6.45, 7) is 4.04. The molecule has 0 bridgehead atoms. The zero-order valence-corrected chi connectivity index (χ0v) is 9.89. The summed E-state index contributed by atoms with van der Waals surface area (Å²) in [6, 6.07) is 7.62. The summed E-state index contributed by atoms with van der Waals surface area (Å²) in [4.78, 5) is 8.24. The summed E-state index contributed by atoms with van der Waals surface area (Å²) in [5.74, 6) is 0.664. The molecule has 0 aliphatic heterocycles. The van der Waals surface area contributed by atoms with E-state index in [0.29, 0.717) is 17.4 Å². The van der Waals surface area contributed by atoms with Gasteiger partial charge in [-0.25, -0.2) is 9.97 Å². The third-order valence-corrected chi connectivity index (χ3v) is 2.33. The van der Waals surface area contributed by atoms with Crippen molar-refractivity contribution < 1.29 is 0 Å². The molecule has 0 unspecified atom stereocenters. The maximum absolute atomic E-state index is 5.82. The van der Waals surface area contributed by atoms with Crippen LogP contribution in [0.3, 0.4) is 0 Å². The Morgan fingerprint density at radius 1 is 1.31 bits per heavy atom. The first-order valence-electron chi connectivity index (χ1n) is 4.66. The van der Waals surface area contributed by atoms with Crippen molar-refractivity contribution in [3.05, 3.63) is 41.2 Å². The molecule has 2 aromatic rings. The number of nitrogens with zero attached hydrogens (tertiary/aromatic N) is 2. The van der Waals surface area contributed by atoms with E-state index in [0.717, 1.165) is 10.9 Å². The van der Waals surface area contributed by atoms with Gasteiger partial charge in [-0.3, -0.25) is 0 Å². The Hall–Kier alpha value is -1.32. The predicted molar refractivity (Wildman–Crippen MR) is 68.0 cm³/mol. The van der Waals surface area contributed by atoms with Gasteiger partial charge in [-0.1, -0.05) is 30.3 Å². The Kier molecular flexibility index (Phi) is 3.27. The molecule has 0 atom stereocenters. The highest BCUT2D eigenvalue weighted by Gasteiger charge is 2.05. The van der Waals surface area contributed by atoms with E-state index in [4.69, 9.17) is 23.2 Å². The van der Waals surface area contributed by atoms with Crippen molar-refractivity contribution >= 4 is 39.9 Å². The molecule has 0 aliphatic rings. The average molecular weight is 254 g/mol. The van der Waals surface area contributed by atoms with Crippen LogP contribution in [0.2, 0.25) is 5.28 Å². The zero-order valence-electron chi connectivity index (χ0n) is 8.37. The standard InChI is InChI=1S/C11H9Cl2N3/c1-7(12)6-14-10-8-4-2-3-5-9(8)15-11(13)16-10/h2-5H,1,6H2,(H,14,15,16). The Labute approximate surface area is 103 Å². The second-order valence-electron chi connectivity index (χ2n) is 3.23. The lowest BCUT2D eigenvalue weighted by atomic mass is 10.2. The second kappa shape index (κ2) is 4.68. The molecule has 0 fully saturated rings. The van der Waals surface area contributed by atoms with Gasteiger partial charge >= 0.3 is 0 Å². The number of nitrogens with one attached hydrogen (secondary N) is 1. The molecule has 1 N–H and O–H groups in total. The number of halogens is 2. The molecule has 5 heteroatoms. The second-order valence-corrected chi connectivity index (χ2v) is 4.10. The van der Waals surface area contributed by atoms with E-state index in [1.807, 2.05) is 24.3 Å². The highest BCUT2D eigenvalue weighted by molar-refractivity contribution is 6.30. The molecule has 1 aromatic carbocycles. The maximum atomic E-state index is 5.82. The molecule has 1 heterocycles. The number of aromatic nitrogens is 2. The fourth-order valence-corrected chi connectivity index (χ4v) is 1.61. The molecule has 0 radical (unpaired) electrons. The summed E-state index contributed by atoms with van der Waals surface area (Å²) in [6.07, 6.45) is 0. The SMILES string of the molecule is C=C(Cl)CNc1nc(Cl)nc2ccccc12. The summed E-state index contributed by atoms with van der Waals surface area (Å²) in [7, 11) is 0. The number of hydrogen-bond donors (Lipinski definition) is 1.